The Morgan fingerprint density at radius 2 is 1.92 bits per heavy atom. The number of nitrogens with zero attached hydrogens (tertiary/aromatic N) is 3. The summed E-state index contributed by atoms with van der Waals surface area (Å²) in [4.78, 5) is 7.37. The Labute approximate surface area is 152 Å². The van der Waals surface area contributed by atoms with Crippen LogP contribution in [0.2, 0.25) is 10.0 Å². The molecular formula is C17H12Cl2N4S. The Morgan fingerprint density at radius 1 is 1.00 bits per heavy atom. The first kappa shape index (κ1) is 15.6. The number of H-pyrrole nitrogens is 1. The Balaban J connectivity index is 1.52. The van der Waals surface area contributed by atoms with Crippen LogP contribution in [0.1, 0.15) is 10.6 Å². The van der Waals surface area contributed by atoms with Crippen molar-refractivity contribution in [2.75, 3.05) is 0 Å². The lowest BCUT2D eigenvalue weighted by Gasteiger charge is -2.02. The van der Waals surface area contributed by atoms with Gasteiger partial charge in [-0.05, 0) is 42.3 Å². The van der Waals surface area contributed by atoms with Gasteiger partial charge in [0.15, 0.2) is 0 Å². The molecule has 0 bridgehead atoms. The van der Waals surface area contributed by atoms with Crippen molar-refractivity contribution in [3.63, 3.8) is 0 Å². The maximum absolute atomic E-state index is 6.21. The van der Waals surface area contributed by atoms with Gasteiger partial charge in [0.05, 0.1) is 17.4 Å². The van der Waals surface area contributed by atoms with Crippen LogP contribution in [0.4, 0.5) is 0 Å². The molecule has 0 atom stereocenters. The summed E-state index contributed by atoms with van der Waals surface area (Å²) in [5.74, 6) is 0. The first-order valence-electron chi connectivity index (χ1n) is 7.39. The fourth-order valence-electron chi connectivity index (χ4n) is 2.50. The molecule has 2 heterocycles. The van der Waals surface area contributed by atoms with Crippen molar-refractivity contribution in [1.29, 1.82) is 0 Å². The molecule has 0 aliphatic carbocycles. The summed E-state index contributed by atoms with van der Waals surface area (Å²) < 4.78 is 0. The van der Waals surface area contributed by atoms with Crippen molar-refractivity contribution < 1.29 is 0 Å². The molecule has 4 aromatic rings. The van der Waals surface area contributed by atoms with Crippen LogP contribution in [0.3, 0.4) is 0 Å². The molecule has 0 saturated carbocycles. The van der Waals surface area contributed by atoms with E-state index >= 15 is 0 Å². The SMILES string of the molecule is Clc1ccc(CCc2nnc(-c3ccc4[nH]cnc4c3)s2)c(Cl)c1. The zero-order valence-corrected chi connectivity index (χ0v) is 14.8. The molecule has 0 amide bonds. The van der Waals surface area contributed by atoms with Gasteiger partial charge in [0.1, 0.15) is 10.0 Å². The van der Waals surface area contributed by atoms with Gasteiger partial charge in [0.25, 0.3) is 0 Å². The van der Waals surface area contributed by atoms with Crippen LogP contribution in [0.25, 0.3) is 21.6 Å². The number of aromatic nitrogens is 4. The van der Waals surface area contributed by atoms with Crippen LogP contribution in [-0.2, 0) is 12.8 Å². The lowest BCUT2D eigenvalue weighted by molar-refractivity contribution is 0.905. The minimum absolute atomic E-state index is 0.649. The number of nitrogens with one attached hydrogen (secondary N) is 1. The van der Waals surface area contributed by atoms with Crippen molar-refractivity contribution in [3.05, 3.63) is 63.3 Å². The summed E-state index contributed by atoms with van der Waals surface area (Å²) >= 11 is 13.7. The molecule has 2 aromatic heterocycles. The van der Waals surface area contributed by atoms with Crippen LogP contribution in [-0.4, -0.2) is 20.2 Å². The zero-order chi connectivity index (χ0) is 16.5. The fourth-order valence-corrected chi connectivity index (χ4v) is 3.84. The summed E-state index contributed by atoms with van der Waals surface area (Å²) in [7, 11) is 0. The van der Waals surface area contributed by atoms with Gasteiger partial charge in [0.2, 0.25) is 0 Å². The Hall–Kier alpha value is -1.95. The summed E-state index contributed by atoms with van der Waals surface area (Å²) in [6.45, 7) is 0. The van der Waals surface area contributed by atoms with Gasteiger partial charge in [0, 0.05) is 22.0 Å². The van der Waals surface area contributed by atoms with Crippen LogP contribution < -0.4 is 0 Å². The van der Waals surface area contributed by atoms with E-state index < -0.39 is 0 Å². The van der Waals surface area contributed by atoms with Crippen molar-refractivity contribution in [1.82, 2.24) is 20.2 Å². The maximum atomic E-state index is 6.21. The highest BCUT2D eigenvalue weighted by Gasteiger charge is 2.09. The molecule has 7 heteroatoms. The number of aromatic amines is 1. The first-order chi connectivity index (χ1) is 11.7. The zero-order valence-electron chi connectivity index (χ0n) is 12.5. The normalized spacial score (nSPS) is 11.2. The Bertz CT molecular complexity index is 1010. The lowest BCUT2D eigenvalue weighted by atomic mass is 10.1. The average molecular weight is 375 g/mol. The van der Waals surface area contributed by atoms with Crippen molar-refractivity contribution in [3.8, 4) is 10.6 Å². The summed E-state index contributed by atoms with van der Waals surface area (Å²) in [5.41, 5.74) is 4.04. The van der Waals surface area contributed by atoms with E-state index in [1.807, 2.05) is 30.3 Å². The van der Waals surface area contributed by atoms with Crippen LogP contribution >= 0.6 is 34.5 Å². The van der Waals surface area contributed by atoms with E-state index in [9.17, 15) is 0 Å². The highest BCUT2D eigenvalue weighted by atomic mass is 35.5. The van der Waals surface area contributed by atoms with Gasteiger partial charge in [-0.1, -0.05) is 40.6 Å². The van der Waals surface area contributed by atoms with Crippen LogP contribution in [0.15, 0.2) is 42.7 Å². The monoisotopic (exact) mass is 374 g/mol. The highest BCUT2D eigenvalue weighted by Crippen LogP contribution is 2.27. The molecule has 0 aliphatic rings. The second-order valence-electron chi connectivity index (χ2n) is 5.37. The lowest BCUT2D eigenvalue weighted by Crippen LogP contribution is -1.91. The minimum atomic E-state index is 0.649. The fraction of sp³-hybridized carbons (Fsp3) is 0.118. The molecule has 2 aromatic carbocycles. The Morgan fingerprint density at radius 3 is 2.79 bits per heavy atom. The second-order valence-corrected chi connectivity index (χ2v) is 7.28. The third-order valence-electron chi connectivity index (χ3n) is 3.76. The smallest absolute Gasteiger partial charge is 0.147 e. The third kappa shape index (κ3) is 3.15. The van der Waals surface area contributed by atoms with Gasteiger partial charge < -0.3 is 4.98 Å². The van der Waals surface area contributed by atoms with Gasteiger partial charge >= 0.3 is 0 Å². The van der Waals surface area contributed by atoms with E-state index in [-0.39, 0.29) is 0 Å². The van der Waals surface area contributed by atoms with E-state index in [4.69, 9.17) is 23.2 Å². The number of benzene rings is 2. The summed E-state index contributed by atoms with van der Waals surface area (Å²) in [6.07, 6.45) is 3.29. The maximum Gasteiger partial charge on any atom is 0.147 e. The van der Waals surface area contributed by atoms with Crippen molar-refractivity contribution >= 4 is 45.6 Å². The number of imidazole rings is 1. The topological polar surface area (TPSA) is 54.5 Å². The van der Waals surface area contributed by atoms with E-state index in [0.717, 1.165) is 45.0 Å². The minimum Gasteiger partial charge on any atom is -0.345 e. The standard InChI is InChI=1S/C17H12Cl2N4S/c18-12-4-1-10(13(19)8-12)3-6-16-22-23-17(24-16)11-2-5-14-15(7-11)21-9-20-14/h1-2,4-5,7-9H,3,6H2,(H,20,21). The molecule has 0 fully saturated rings. The second kappa shape index (κ2) is 6.51. The summed E-state index contributed by atoms with van der Waals surface area (Å²) in [5, 5.41) is 11.8. The number of halogens is 2. The van der Waals surface area contributed by atoms with Crippen molar-refractivity contribution in [2.45, 2.75) is 12.8 Å². The average Bonchev–Trinajstić information content (AvgIpc) is 3.22. The molecule has 0 unspecified atom stereocenters. The number of hydrogen-bond acceptors (Lipinski definition) is 4. The molecular weight excluding hydrogens is 363 g/mol. The molecule has 0 spiro atoms. The molecule has 0 aliphatic heterocycles. The van der Waals surface area contributed by atoms with Gasteiger partial charge in [-0.25, -0.2) is 4.98 Å². The molecule has 0 radical (unpaired) electrons. The predicted octanol–water partition coefficient (Wildman–Crippen LogP) is 5.17. The first-order valence-corrected chi connectivity index (χ1v) is 8.96. The van der Waals surface area contributed by atoms with E-state index in [1.54, 1.807) is 23.7 Å². The number of aryl methyl sites for hydroxylation is 2. The predicted molar refractivity (Wildman–Crippen MR) is 98.9 cm³/mol. The van der Waals surface area contributed by atoms with Crippen molar-refractivity contribution in [2.24, 2.45) is 0 Å². The van der Waals surface area contributed by atoms with Gasteiger partial charge in [-0.2, -0.15) is 0 Å². The van der Waals surface area contributed by atoms with E-state index in [1.165, 1.54) is 0 Å². The van der Waals surface area contributed by atoms with Gasteiger partial charge in [-0.3, -0.25) is 0 Å². The molecule has 120 valence electrons. The molecule has 0 saturated heterocycles. The Kier molecular flexibility index (Phi) is 4.22. The number of fused-ring (bicyclic) bond motifs is 1. The third-order valence-corrected chi connectivity index (χ3v) is 5.38. The quantitative estimate of drug-likeness (QED) is 0.535. The highest BCUT2D eigenvalue weighted by molar-refractivity contribution is 7.14. The molecule has 4 nitrogen and oxygen atoms in total. The largest absolute Gasteiger partial charge is 0.345 e. The van der Waals surface area contributed by atoms with E-state index in [0.29, 0.717) is 10.0 Å². The molecule has 4 rings (SSSR count). The molecule has 1 N–H and O–H groups in total. The van der Waals surface area contributed by atoms with Crippen LogP contribution in [0.5, 0.6) is 0 Å². The summed E-state index contributed by atoms with van der Waals surface area (Å²) in [6, 6.07) is 11.6. The van der Waals surface area contributed by atoms with Crippen LogP contribution in [0, 0.1) is 0 Å². The van der Waals surface area contributed by atoms with E-state index in [2.05, 4.69) is 20.2 Å². The number of rotatable bonds is 4. The molecule has 24 heavy (non-hydrogen) atoms. The van der Waals surface area contributed by atoms with Gasteiger partial charge in [-0.15, -0.1) is 10.2 Å². The number of hydrogen-bond donors (Lipinski definition) is 1.